The largest absolute Gasteiger partial charge is 0.382 e. The van der Waals surface area contributed by atoms with Crippen LogP contribution in [-0.2, 0) is 4.74 Å². The molecule has 0 amide bonds. The number of nitrogens with one attached hydrogen (secondary N) is 1. The summed E-state index contributed by atoms with van der Waals surface area (Å²) in [5, 5.41) is 12.4. The van der Waals surface area contributed by atoms with Gasteiger partial charge in [-0.3, -0.25) is 4.98 Å². The first kappa shape index (κ1) is 12.8. The van der Waals surface area contributed by atoms with Crippen LogP contribution in [0.3, 0.4) is 0 Å². The molecule has 0 radical (unpaired) electrons. The van der Waals surface area contributed by atoms with Crippen LogP contribution >= 0.6 is 0 Å². The predicted octanol–water partition coefficient (Wildman–Crippen LogP) is 2.41. The summed E-state index contributed by atoms with van der Waals surface area (Å²) in [6.07, 6.45) is 2.63. The Labute approximate surface area is 108 Å². The number of rotatable bonds is 6. The van der Waals surface area contributed by atoms with Gasteiger partial charge in [0.1, 0.15) is 6.07 Å². The first-order valence-electron chi connectivity index (χ1n) is 6.40. The zero-order valence-electron chi connectivity index (χ0n) is 11.0. The van der Waals surface area contributed by atoms with Crippen molar-refractivity contribution < 1.29 is 4.74 Å². The molecule has 96 valence electrons. The molecule has 0 aliphatic heterocycles. The maximum Gasteiger partial charge on any atom is 0.103 e. The second-order valence-corrected chi connectivity index (χ2v) is 4.83. The predicted molar refractivity (Wildman–Crippen MR) is 70.5 cm³/mol. The average Bonchev–Trinajstić information content (AvgIpc) is 3.12. The molecule has 4 heteroatoms. The van der Waals surface area contributed by atoms with Crippen LogP contribution in [0.5, 0.6) is 0 Å². The highest BCUT2D eigenvalue weighted by Crippen LogP contribution is 2.28. The van der Waals surface area contributed by atoms with Crippen molar-refractivity contribution in [2.75, 3.05) is 25.1 Å². The maximum atomic E-state index is 9.11. The van der Waals surface area contributed by atoms with Crippen molar-refractivity contribution in [3.05, 3.63) is 23.0 Å². The molecule has 4 nitrogen and oxygen atoms in total. The Kier molecular flexibility index (Phi) is 4.16. The van der Waals surface area contributed by atoms with E-state index >= 15 is 0 Å². The molecule has 1 aromatic rings. The van der Waals surface area contributed by atoms with Crippen molar-refractivity contribution >= 4 is 5.69 Å². The van der Waals surface area contributed by atoms with Crippen LogP contribution in [0.15, 0.2) is 6.07 Å². The molecule has 0 atom stereocenters. The van der Waals surface area contributed by atoms with Gasteiger partial charge in [0.15, 0.2) is 0 Å². The molecule has 0 unspecified atom stereocenters. The van der Waals surface area contributed by atoms with Crippen LogP contribution in [0, 0.1) is 31.1 Å². The Morgan fingerprint density at radius 2 is 2.28 bits per heavy atom. The van der Waals surface area contributed by atoms with Gasteiger partial charge in [0.25, 0.3) is 0 Å². The van der Waals surface area contributed by atoms with Crippen molar-refractivity contribution in [1.82, 2.24) is 4.98 Å². The molecular weight excluding hydrogens is 226 g/mol. The molecule has 0 spiro atoms. The third-order valence-electron chi connectivity index (χ3n) is 3.05. The second-order valence-electron chi connectivity index (χ2n) is 4.83. The van der Waals surface area contributed by atoms with Crippen LogP contribution in [0.25, 0.3) is 0 Å². The molecule has 1 heterocycles. The Balaban J connectivity index is 1.85. The fourth-order valence-electron chi connectivity index (χ4n) is 1.90. The molecule has 1 saturated carbocycles. The number of hydrogen-bond acceptors (Lipinski definition) is 4. The number of aryl methyl sites for hydroxylation is 2. The first-order valence-corrected chi connectivity index (χ1v) is 6.40. The van der Waals surface area contributed by atoms with Gasteiger partial charge in [0.2, 0.25) is 0 Å². The van der Waals surface area contributed by atoms with Crippen LogP contribution in [0.1, 0.15) is 29.8 Å². The lowest BCUT2D eigenvalue weighted by molar-refractivity contribution is 0.134. The standard InChI is InChI=1S/C14H19N3O/c1-10-7-14(13(8-15)11(2)17-10)16-5-6-18-9-12-3-4-12/h7,12H,3-6,9H2,1-2H3,(H,16,17). The van der Waals surface area contributed by atoms with E-state index in [2.05, 4.69) is 16.4 Å². The van der Waals surface area contributed by atoms with Crippen LogP contribution in [-0.4, -0.2) is 24.7 Å². The number of anilines is 1. The second kappa shape index (κ2) is 5.83. The van der Waals surface area contributed by atoms with Gasteiger partial charge >= 0.3 is 0 Å². The van der Waals surface area contributed by atoms with Gasteiger partial charge in [-0.2, -0.15) is 5.26 Å². The zero-order valence-corrected chi connectivity index (χ0v) is 11.0. The molecule has 0 saturated heterocycles. The van der Waals surface area contributed by atoms with E-state index in [0.717, 1.165) is 36.1 Å². The highest BCUT2D eigenvalue weighted by atomic mass is 16.5. The van der Waals surface area contributed by atoms with E-state index in [4.69, 9.17) is 10.00 Å². The third kappa shape index (κ3) is 3.44. The summed E-state index contributed by atoms with van der Waals surface area (Å²) in [5.41, 5.74) is 3.19. The van der Waals surface area contributed by atoms with E-state index in [1.165, 1.54) is 12.8 Å². The number of hydrogen-bond donors (Lipinski definition) is 1. The molecule has 1 N–H and O–H groups in total. The van der Waals surface area contributed by atoms with Crippen LogP contribution in [0.2, 0.25) is 0 Å². The summed E-state index contributed by atoms with van der Waals surface area (Å²) in [6, 6.07) is 4.10. The Morgan fingerprint density at radius 3 is 2.94 bits per heavy atom. The minimum Gasteiger partial charge on any atom is -0.382 e. The summed E-state index contributed by atoms with van der Waals surface area (Å²) in [6.45, 7) is 6.08. The zero-order chi connectivity index (χ0) is 13.0. The molecule has 1 aromatic heterocycles. The van der Waals surface area contributed by atoms with Crippen molar-refractivity contribution in [1.29, 1.82) is 5.26 Å². The number of ether oxygens (including phenoxy) is 1. The topological polar surface area (TPSA) is 57.9 Å². The minimum atomic E-state index is 0.628. The summed E-state index contributed by atoms with van der Waals surface area (Å²) in [7, 11) is 0. The molecule has 2 rings (SSSR count). The normalized spacial score (nSPS) is 14.3. The molecule has 1 aliphatic carbocycles. The first-order chi connectivity index (χ1) is 8.70. The monoisotopic (exact) mass is 245 g/mol. The Bertz CT molecular complexity index is 461. The Morgan fingerprint density at radius 1 is 1.50 bits per heavy atom. The van der Waals surface area contributed by atoms with Crippen LogP contribution < -0.4 is 5.32 Å². The van der Waals surface area contributed by atoms with Gasteiger partial charge in [-0.1, -0.05) is 0 Å². The van der Waals surface area contributed by atoms with Crippen molar-refractivity contribution in [2.45, 2.75) is 26.7 Å². The fourth-order valence-corrected chi connectivity index (χ4v) is 1.90. The van der Waals surface area contributed by atoms with E-state index in [1.54, 1.807) is 0 Å². The van der Waals surface area contributed by atoms with Gasteiger partial charge in [0.05, 0.1) is 23.6 Å². The lowest BCUT2D eigenvalue weighted by Gasteiger charge is -2.11. The summed E-state index contributed by atoms with van der Waals surface area (Å²) < 4.78 is 5.55. The van der Waals surface area contributed by atoms with Gasteiger partial charge < -0.3 is 10.1 Å². The molecule has 0 aromatic carbocycles. The molecular formula is C14H19N3O. The summed E-state index contributed by atoms with van der Waals surface area (Å²) in [5.74, 6) is 0.796. The highest BCUT2D eigenvalue weighted by molar-refractivity contribution is 5.59. The quantitative estimate of drug-likeness (QED) is 0.782. The maximum absolute atomic E-state index is 9.11. The molecule has 18 heavy (non-hydrogen) atoms. The van der Waals surface area contributed by atoms with Crippen LogP contribution in [0.4, 0.5) is 5.69 Å². The van der Waals surface area contributed by atoms with E-state index in [9.17, 15) is 0 Å². The number of pyridine rings is 1. The lowest BCUT2D eigenvalue weighted by Crippen LogP contribution is -2.12. The van der Waals surface area contributed by atoms with Gasteiger partial charge in [-0.25, -0.2) is 0 Å². The van der Waals surface area contributed by atoms with Gasteiger partial charge in [-0.05, 0) is 38.7 Å². The van der Waals surface area contributed by atoms with E-state index in [-0.39, 0.29) is 0 Å². The smallest absolute Gasteiger partial charge is 0.103 e. The van der Waals surface area contributed by atoms with E-state index in [1.807, 2.05) is 19.9 Å². The van der Waals surface area contributed by atoms with Crippen molar-refractivity contribution in [2.24, 2.45) is 5.92 Å². The van der Waals surface area contributed by atoms with Gasteiger partial charge in [-0.15, -0.1) is 0 Å². The van der Waals surface area contributed by atoms with Crippen molar-refractivity contribution in [3.63, 3.8) is 0 Å². The minimum absolute atomic E-state index is 0.628. The number of nitrogens with zero attached hydrogens (tertiary/aromatic N) is 2. The summed E-state index contributed by atoms with van der Waals surface area (Å²) in [4.78, 5) is 4.29. The molecule has 1 fully saturated rings. The van der Waals surface area contributed by atoms with E-state index < -0.39 is 0 Å². The SMILES string of the molecule is Cc1cc(NCCOCC2CC2)c(C#N)c(C)n1. The number of aromatic nitrogens is 1. The molecule has 1 aliphatic rings. The summed E-state index contributed by atoms with van der Waals surface area (Å²) >= 11 is 0. The Hall–Kier alpha value is -1.60. The highest BCUT2D eigenvalue weighted by Gasteiger charge is 2.20. The van der Waals surface area contributed by atoms with Gasteiger partial charge in [0, 0.05) is 18.8 Å². The molecule has 0 bridgehead atoms. The third-order valence-corrected chi connectivity index (χ3v) is 3.05. The lowest BCUT2D eigenvalue weighted by atomic mass is 10.1. The average molecular weight is 245 g/mol. The van der Waals surface area contributed by atoms with Crippen molar-refractivity contribution in [3.8, 4) is 6.07 Å². The number of nitriles is 1. The van der Waals surface area contributed by atoms with E-state index in [0.29, 0.717) is 12.2 Å². The fraction of sp³-hybridized carbons (Fsp3) is 0.571.